The molecule has 1 N–H and O–H groups in total. The summed E-state index contributed by atoms with van der Waals surface area (Å²) in [6, 6.07) is 7.09. The van der Waals surface area contributed by atoms with Gasteiger partial charge in [0, 0.05) is 6.61 Å². The van der Waals surface area contributed by atoms with Crippen molar-refractivity contribution >= 4 is 34.7 Å². The second-order valence-electron chi connectivity index (χ2n) is 6.02. The number of ether oxygens (including phenoxy) is 2. The number of alkyl carbamates (subject to hydrolysis) is 1. The van der Waals surface area contributed by atoms with Gasteiger partial charge in [-0.2, -0.15) is 0 Å². The van der Waals surface area contributed by atoms with Crippen LogP contribution in [0.25, 0.3) is 10.9 Å². The van der Waals surface area contributed by atoms with E-state index in [1.807, 2.05) is 0 Å². The topological polar surface area (TPSA) is 99.5 Å². The molecule has 0 aliphatic carbocycles. The Balaban J connectivity index is 1.82. The van der Waals surface area contributed by atoms with Gasteiger partial charge in [0.2, 0.25) is 5.91 Å². The zero-order valence-corrected chi connectivity index (χ0v) is 15.8. The Morgan fingerprint density at radius 2 is 2.22 bits per heavy atom. The maximum Gasteiger partial charge on any atom is 0.413 e. The molecule has 1 aromatic carbocycles. The predicted molar refractivity (Wildman–Crippen MR) is 101 cm³/mol. The molecule has 1 aromatic heterocycles. The van der Waals surface area contributed by atoms with E-state index < -0.39 is 12.0 Å². The molecule has 9 heteroatoms. The minimum Gasteiger partial charge on any atom is -0.450 e. The average molecular weight is 391 g/mol. The number of benzene rings is 1. The van der Waals surface area contributed by atoms with Crippen molar-refractivity contribution in [3.63, 3.8) is 0 Å². The normalized spacial score (nSPS) is 16.4. The second-order valence-corrected chi connectivity index (χ2v) is 6.96. The number of nitrogens with one attached hydrogen (secondary N) is 1. The van der Waals surface area contributed by atoms with Crippen molar-refractivity contribution in [3.05, 3.63) is 34.6 Å². The molecule has 1 fully saturated rings. The minimum atomic E-state index is -0.786. The Morgan fingerprint density at radius 1 is 1.41 bits per heavy atom. The van der Waals surface area contributed by atoms with Gasteiger partial charge < -0.3 is 9.47 Å². The molecule has 144 valence electrons. The fourth-order valence-corrected chi connectivity index (χ4v) is 3.67. The summed E-state index contributed by atoms with van der Waals surface area (Å²) < 4.78 is 11.9. The van der Waals surface area contributed by atoms with E-state index in [0.717, 1.165) is 24.6 Å². The summed E-state index contributed by atoms with van der Waals surface area (Å²) in [7, 11) is 0. The van der Waals surface area contributed by atoms with Gasteiger partial charge in [0.1, 0.15) is 0 Å². The van der Waals surface area contributed by atoms with Crippen molar-refractivity contribution in [1.29, 1.82) is 0 Å². The van der Waals surface area contributed by atoms with E-state index in [9.17, 15) is 14.4 Å². The van der Waals surface area contributed by atoms with Gasteiger partial charge in [0.15, 0.2) is 5.16 Å². The van der Waals surface area contributed by atoms with Crippen molar-refractivity contribution in [2.24, 2.45) is 0 Å². The highest BCUT2D eigenvalue weighted by Crippen LogP contribution is 2.20. The van der Waals surface area contributed by atoms with Gasteiger partial charge in [-0.15, -0.1) is 0 Å². The number of aromatic nitrogens is 2. The summed E-state index contributed by atoms with van der Waals surface area (Å²) in [4.78, 5) is 40.7. The van der Waals surface area contributed by atoms with Crippen LogP contribution in [0, 0.1) is 0 Å². The molecular weight excluding hydrogens is 370 g/mol. The van der Waals surface area contributed by atoms with Crippen LogP contribution in [0.3, 0.4) is 0 Å². The molecule has 2 heterocycles. The summed E-state index contributed by atoms with van der Waals surface area (Å²) >= 11 is 1.10. The Hall–Kier alpha value is -2.39. The quantitative estimate of drug-likeness (QED) is 0.593. The number of thioether (sulfide) groups is 1. The summed E-state index contributed by atoms with van der Waals surface area (Å²) in [5, 5.41) is 3.08. The number of hydrogen-bond acceptors (Lipinski definition) is 7. The van der Waals surface area contributed by atoms with E-state index in [-0.39, 0.29) is 24.0 Å². The Morgan fingerprint density at radius 3 is 2.96 bits per heavy atom. The lowest BCUT2D eigenvalue weighted by atomic mass is 10.2. The smallest absolute Gasteiger partial charge is 0.413 e. The highest BCUT2D eigenvalue weighted by molar-refractivity contribution is 7.99. The van der Waals surface area contributed by atoms with Gasteiger partial charge in [-0.25, -0.2) is 9.78 Å². The summed E-state index contributed by atoms with van der Waals surface area (Å²) in [6.07, 6.45) is 1.02. The van der Waals surface area contributed by atoms with Gasteiger partial charge in [0.25, 0.3) is 5.56 Å². The molecule has 0 saturated carbocycles. The first kappa shape index (κ1) is 19.4. The standard InChI is InChI=1S/C18H21N3O5S/c1-2-25-18(24)20-15(22)11-27-17-19-14-8-4-3-7-13(14)16(23)21(17)10-12-6-5-9-26-12/h3-4,7-8,12H,2,5-6,9-11H2,1H3,(H,20,22,24)/t12-/m0/s1. The lowest BCUT2D eigenvalue weighted by Crippen LogP contribution is -2.33. The maximum atomic E-state index is 12.9. The molecule has 0 bridgehead atoms. The third-order valence-corrected chi connectivity index (χ3v) is 5.06. The number of amides is 2. The van der Waals surface area contributed by atoms with Crippen molar-refractivity contribution in [2.75, 3.05) is 19.0 Å². The van der Waals surface area contributed by atoms with Crippen LogP contribution in [0.15, 0.2) is 34.2 Å². The van der Waals surface area contributed by atoms with Gasteiger partial charge in [0.05, 0.1) is 35.9 Å². The van der Waals surface area contributed by atoms with E-state index in [2.05, 4.69) is 15.0 Å². The molecule has 27 heavy (non-hydrogen) atoms. The number of hydrogen-bond donors (Lipinski definition) is 1. The summed E-state index contributed by atoms with van der Waals surface area (Å²) in [6.45, 7) is 2.91. The van der Waals surface area contributed by atoms with Crippen LogP contribution in [0.1, 0.15) is 19.8 Å². The third kappa shape index (κ3) is 4.86. The predicted octanol–water partition coefficient (Wildman–Crippen LogP) is 1.94. The molecule has 0 radical (unpaired) electrons. The molecule has 1 saturated heterocycles. The molecule has 1 aliphatic rings. The maximum absolute atomic E-state index is 12.9. The molecule has 3 rings (SSSR count). The Labute approximate surface area is 160 Å². The Kier molecular flexibility index (Phi) is 6.46. The molecule has 1 atom stereocenters. The van der Waals surface area contributed by atoms with E-state index in [1.165, 1.54) is 0 Å². The third-order valence-electron chi connectivity index (χ3n) is 4.09. The Bertz CT molecular complexity index is 892. The van der Waals surface area contributed by atoms with Crippen LogP contribution in [-0.4, -0.2) is 46.6 Å². The first-order valence-electron chi connectivity index (χ1n) is 8.79. The van der Waals surface area contributed by atoms with Crippen molar-refractivity contribution in [3.8, 4) is 0 Å². The number of nitrogens with zero attached hydrogens (tertiary/aromatic N) is 2. The number of imide groups is 1. The highest BCUT2D eigenvalue weighted by Gasteiger charge is 2.21. The van der Waals surface area contributed by atoms with Crippen LogP contribution in [-0.2, 0) is 20.8 Å². The molecule has 8 nitrogen and oxygen atoms in total. The van der Waals surface area contributed by atoms with Gasteiger partial charge in [-0.1, -0.05) is 23.9 Å². The SMILES string of the molecule is CCOC(=O)NC(=O)CSc1nc2ccccc2c(=O)n1C[C@@H]1CCCO1. The van der Waals surface area contributed by atoms with Crippen LogP contribution >= 0.6 is 11.8 Å². The van der Waals surface area contributed by atoms with Crippen molar-refractivity contribution < 1.29 is 19.1 Å². The lowest BCUT2D eigenvalue weighted by Gasteiger charge is -2.16. The van der Waals surface area contributed by atoms with Crippen molar-refractivity contribution in [2.45, 2.75) is 37.6 Å². The first-order valence-corrected chi connectivity index (χ1v) is 9.77. The van der Waals surface area contributed by atoms with Crippen LogP contribution < -0.4 is 10.9 Å². The zero-order chi connectivity index (χ0) is 19.2. The fraction of sp³-hybridized carbons (Fsp3) is 0.444. The molecular formula is C18H21N3O5S. The number of rotatable bonds is 6. The van der Waals surface area contributed by atoms with E-state index in [4.69, 9.17) is 4.74 Å². The highest BCUT2D eigenvalue weighted by atomic mass is 32.2. The number of carbonyl (C=O) groups is 2. The van der Waals surface area contributed by atoms with E-state index in [1.54, 1.807) is 35.8 Å². The molecule has 1 aliphatic heterocycles. The molecule has 2 aromatic rings. The number of para-hydroxylation sites is 1. The summed E-state index contributed by atoms with van der Waals surface area (Å²) in [5.74, 6) is -0.570. The average Bonchev–Trinajstić information content (AvgIpc) is 3.16. The van der Waals surface area contributed by atoms with Gasteiger partial charge >= 0.3 is 6.09 Å². The zero-order valence-electron chi connectivity index (χ0n) is 15.0. The lowest BCUT2D eigenvalue weighted by molar-refractivity contribution is -0.117. The van der Waals surface area contributed by atoms with Crippen LogP contribution in [0.4, 0.5) is 4.79 Å². The monoisotopic (exact) mass is 391 g/mol. The fourth-order valence-electron chi connectivity index (χ4n) is 2.86. The molecule has 0 spiro atoms. The minimum absolute atomic E-state index is 0.0432. The molecule has 2 amide bonds. The van der Waals surface area contributed by atoms with E-state index >= 15 is 0 Å². The van der Waals surface area contributed by atoms with Crippen LogP contribution in [0.2, 0.25) is 0 Å². The number of fused-ring (bicyclic) bond motifs is 1. The van der Waals surface area contributed by atoms with Crippen LogP contribution in [0.5, 0.6) is 0 Å². The van der Waals surface area contributed by atoms with Gasteiger partial charge in [-0.05, 0) is 31.9 Å². The number of carbonyl (C=O) groups excluding carboxylic acids is 2. The van der Waals surface area contributed by atoms with E-state index in [0.29, 0.717) is 29.2 Å². The molecule has 0 unspecified atom stereocenters. The van der Waals surface area contributed by atoms with Gasteiger partial charge in [-0.3, -0.25) is 19.5 Å². The first-order chi connectivity index (χ1) is 13.1. The largest absolute Gasteiger partial charge is 0.450 e. The summed E-state index contributed by atoms with van der Waals surface area (Å²) in [5.41, 5.74) is 0.406. The second kappa shape index (κ2) is 9.01. The van der Waals surface area contributed by atoms with Crippen molar-refractivity contribution in [1.82, 2.24) is 14.9 Å².